The van der Waals surface area contributed by atoms with Crippen LogP contribution in [-0.2, 0) is 20.8 Å². The topological polar surface area (TPSA) is 82.6 Å². The summed E-state index contributed by atoms with van der Waals surface area (Å²) in [5.41, 5.74) is 7.34. The van der Waals surface area contributed by atoms with Crippen LogP contribution in [0.25, 0.3) is 0 Å². The molecule has 144 valence electrons. The van der Waals surface area contributed by atoms with E-state index in [0.717, 1.165) is 18.4 Å². The molecule has 2 aliphatic heterocycles. The minimum atomic E-state index is -0.426. The lowest BCUT2D eigenvalue weighted by Gasteiger charge is -2.36. The summed E-state index contributed by atoms with van der Waals surface area (Å²) in [5, 5.41) is 4.28. The number of rotatable bonds is 4. The Labute approximate surface area is 161 Å². The van der Waals surface area contributed by atoms with Crippen molar-refractivity contribution in [3.8, 4) is 0 Å². The second-order valence-corrected chi connectivity index (χ2v) is 6.49. The molecule has 0 bridgehead atoms. The summed E-state index contributed by atoms with van der Waals surface area (Å²) in [6, 6.07) is -0.426. The SMILES string of the molecule is Cc1cnn(CC2CN(C(=O)C(N)C3CCOCC3)CCO2)c1.Cl.Cl. The molecule has 9 heteroatoms. The van der Waals surface area contributed by atoms with Gasteiger partial charge in [-0.15, -0.1) is 24.8 Å². The van der Waals surface area contributed by atoms with Crippen molar-refractivity contribution < 1.29 is 14.3 Å². The lowest BCUT2D eigenvalue weighted by molar-refractivity contribution is -0.142. The van der Waals surface area contributed by atoms with E-state index < -0.39 is 6.04 Å². The summed E-state index contributed by atoms with van der Waals surface area (Å²) in [6.07, 6.45) is 5.51. The zero-order valence-electron chi connectivity index (χ0n) is 14.5. The molecular weight excluding hydrogens is 367 g/mol. The quantitative estimate of drug-likeness (QED) is 0.823. The van der Waals surface area contributed by atoms with E-state index in [2.05, 4.69) is 5.10 Å². The molecule has 0 saturated carbocycles. The molecule has 7 nitrogen and oxygen atoms in total. The Balaban J connectivity index is 0.00000156. The lowest BCUT2D eigenvalue weighted by atomic mass is 9.91. The molecule has 2 aliphatic rings. The maximum atomic E-state index is 12.7. The molecule has 2 N–H and O–H groups in total. The smallest absolute Gasteiger partial charge is 0.239 e. The van der Waals surface area contributed by atoms with E-state index in [-0.39, 0.29) is 42.7 Å². The minimum Gasteiger partial charge on any atom is -0.381 e. The Morgan fingerprint density at radius 2 is 2.08 bits per heavy atom. The third kappa shape index (κ3) is 5.82. The van der Waals surface area contributed by atoms with Crippen LogP contribution in [0.15, 0.2) is 12.4 Å². The van der Waals surface area contributed by atoms with E-state index in [9.17, 15) is 4.79 Å². The summed E-state index contributed by atoms with van der Waals surface area (Å²) < 4.78 is 13.0. The molecule has 0 aromatic carbocycles. The molecular formula is C16H28Cl2N4O3. The molecule has 1 amide bonds. The van der Waals surface area contributed by atoms with Gasteiger partial charge in [0.25, 0.3) is 0 Å². The van der Waals surface area contributed by atoms with Crippen LogP contribution in [0, 0.1) is 12.8 Å². The molecule has 2 fully saturated rings. The predicted molar refractivity (Wildman–Crippen MR) is 99.3 cm³/mol. The van der Waals surface area contributed by atoms with Gasteiger partial charge in [0.1, 0.15) is 0 Å². The number of nitrogens with two attached hydrogens (primary N) is 1. The highest BCUT2D eigenvalue weighted by Crippen LogP contribution is 2.20. The third-order valence-electron chi connectivity index (χ3n) is 4.66. The molecule has 0 radical (unpaired) electrons. The maximum Gasteiger partial charge on any atom is 0.239 e. The summed E-state index contributed by atoms with van der Waals surface area (Å²) in [4.78, 5) is 14.5. The maximum absolute atomic E-state index is 12.7. The lowest BCUT2D eigenvalue weighted by Crippen LogP contribution is -2.54. The first-order valence-corrected chi connectivity index (χ1v) is 8.36. The number of carbonyl (C=O) groups excluding carboxylic acids is 1. The van der Waals surface area contributed by atoms with E-state index in [0.29, 0.717) is 39.5 Å². The molecule has 2 atom stereocenters. The molecule has 1 aromatic heterocycles. The van der Waals surface area contributed by atoms with Gasteiger partial charge in [-0.25, -0.2) is 0 Å². The Bertz CT molecular complexity index is 537. The predicted octanol–water partition coefficient (Wildman–Crippen LogP) is 1.02. The molecule has 2 saturated heterocycles. The number of ether oxygens (including phenoxy) is 2. The van der Waals surface area contributed by atoms with Gasteiger partial charge in [-0.1, -0.05) is 0 Å². The van der Waals surface area contributed by atoms with Gasteiger partial charge in [-0.3, -0.25) is 9.48 Å². The van der Waals surface area contributed by atoms with E-state index in [4.69, 9.17) is 15.2 Å². The van der Waals surface area contributed by atoms with E-state index >= 15 is 0 Å². The van der Waals surface area contributed by atoms with Gasteiger partial charge in [-0.05, 0) is 31.2 Å². The van der Waals surface area contributed by atoms with Crippen molar-refractivity contribution >= 4 is 30.7 Å². The van der Waals surface area contributed by atoms with Crippen LogP contribution in [0.4, 0.5) is 0 Å². The van der Waals surface area contributed by atoms with Crippen LogP contribution >= 0.6 is 24.8 Å². The number of hydrogen-bond donors (Lipinski definition) is 1. The third-order valence-corrected chi connectivity index (χ3v) is 4.66. The van der Waals surface area contributed by atoms with Gasteiger partial charge < -0.3 is 20.1 Å². The second kappa shape index (κ2) is 10.3. The number of hydrogen-bond acceptors (Lipinski definition) is 5. The van der Waals surface area contributed by atoms with Crippen LogP contribution in [0.1, 0.15) is 18.4 Å². The van der Waals surface area contributed by atoms with Crippen LogP contribution < -0.4 is 5.73 Å². The highest BCUT2D eigenvalue weighted by molar-refractivity contribution is 5.85. The standard InChI is InChI=1S/C16H26N4O3.2ClH/c1-12-8-18-20(9-12)11-14-10-19(4-7-23-14)16(21)15(17)13-2-5-22-6-3-13;;/h8-9,13-15H,2-7,10-11,17H2,1H3;2*1H. The number of nitrogens with zero attached hydrogens (tertiary/aromatic N) is 3. The Hall–Kier alpha value is -0.860. The number of aromatic nitrogens is 2. The summed E-state index contributed by atoms with van der Waals surface area (Å²) >= 11 is 0. The Morgan fingerprint density at radius 1 is 1.36 bits per heavy atom. The summed E-state index contributed by atoms with van der Waals surface area (Å²) in [6.45, 7) is 5.82. The van der Waals surface area contributed by atoms with Crippen molar-refractivity contribution in [3.63, 3.8) is 0 Å². The summed E-state index contributed by atoms with van der Waals surface area (Å²) in [7, 11) is 0. The van der Waals surface area contributed by atoms with Crippen molar-refractivity contribution in [1.29, 1.82) is 0 Å². The van der Waals surface area contributed by atoms with Crippen LogP contribution in [0.2, 0.25) is 0 Å². The van der Waals surface area contributed by atoms with Crippen molar-refractivity contribution in [2.24, 2.45) is 11.7 Å². The molecule has 25 heavy (non-hydrogen) atoms. The molecule has 3 rings (SSSR count). The van der Waals surface area contributed by atoms with Gasteiger partial charge in [0.2, 0.25) is 5.91 Å². The van der Waals surface area contributed by atoms with Gasteiger partial charge in [0.05, 0.1) is 31.5 Å². The molecule has 0 aliphatic carbocycles. The first kappa shape index (κ1) is 22.2. The number of halogens is 2. The monoisotopic (exact) mass is 394 g/mol. The zero-order chi connectivity index (χ0) is 16.2. The highest BCUT2D eigenvalue weighted by atomic mass is 35.5. The molecule has 2 unspecified atom stereocenters. The molecule has 3 heterocycles. The Kier molecular flexibility index (Phi) is 9.16. The first-order chi connectivity index (χ1) is 11.1. The zero-order valence-corrected chi connectivity index (χ0v) is 16.1. The van der Waals surface area contributed by atoms with Gasteiger partial charge in [0.15, 0.2) is 0 Å². The first-order valence-electron chi connectivity index (χ1n) is 8.36. The van der Waals surface area contributed by atoms with Crippen molar-refractivity contribution in [2.45, 2.75) is 38.5 Å². The van der Waals surface area contributed by atoms with Gasteiger partial charge in [-0.2, -0.15) is 5.10 Å². The second-order valence-electron chi connectivity index (χ2n) is 6.49. The Morgan fingerprint density at radius 3 is 2.72 bits per heavy atom. The van der Waals surface area contributed by atoms with Crippen LogP contribution in [0.3, 0.4) is 0 Å². The fraction of sp³-hybridized carbons (Fsp3) is 0.750. The highest BCUT2D eigenvalue weighted by Gasteiger charge is 2.32. The van der Waals surface area contributed by atoms with Crippen molar-refractivity contribution in [3.05, 3.63) is 18.0 Å². The molecule has 1 aromatic rings. The van der Waals surface area contributed by atoms with Crippen LogP contribution in [0.5, 0.6) is 0 Å². The van der Waals surface area contributed by atoms with E-state index in [1.165, 1.54) is 0 Å². The molecule has 0 spiro atoms. The fourth-order valence-electron chi connectivity index (χ4n) is 3.29. The number of aryl methyl sites for hydroxylation is 1. The van der Waals surface area contributed by atoms with E-state index in [1.807, 2.05) is 28.9 Å². The largest absolute Gasteiger partial charge is 0.381 e. The normalized spacial score (nSPS) is 22.6. The number of amides is 1. The van der Waals surface area contributed by atoms with Gasteiger partial charge in [0, 0.05) is 32.5 Å². The van der Waals surface area contributed by atoms with Gasteiger partial charge >= 0.3 is 0 Å². The summed E-state index contributed by atoms with van der Waals surface area (Å²) in [5.74, 6) is 0.271. The van der Waals surface area contributed by atoms with Crippen LogP contribution in [-0.4, -0.2) is 65.6 Å². The number of morpholine rings is 1. The number of carbonyl (C=O) groups is 1. The average molecular weight is 395 g/mol. The average Bonchev–Trinajstić information content (AvgIpc) is 2.99. The van der Waals surface area contributed by atoms with Crippen molar-refractivity contribution in [1.82, 2.24) is 14.7 Å². The fourth-order valence-corrected chi connectivity index (χ4v) is 3.29. The van der Waals surface area contributed by atoms with E-state index in [1.54, 1.807) is 0 Å². The van der Waals surface area contributed by atoms with Crippen molar-refractivity contribution in [2.75, 3.05) is 32.9 Å². The minimum absolute atomic E-state index is 0.